The standard InChI is InChI=1S/C16H20N4O/c21-16(18-15-10-20-6-4-11(15)5-7-20)8-12-2-1-3-14-13(12)9-17-19-14/h1-3,9,11,15H,4-8,10H2,(H,17,19)(H,18,21)/t15-/m0/s1. The Labute approximate surface area is 123 Å². The van der Waals surface area contributed by atoms with Crippen LogP contribution in [0, 0.1) is 5.92 Å². The van der Waals surface area contributed by atoms with Crippen LogP contribution >= 0.6 is 0 Å². The number of nitrogens with one attached hydrogen (secondary N) is 2. The third-order valence-corrected chi connectivity index (χ3v) is 4.93. The first-order chi connectivity index (χ1) is 10.3. The maximum absolute atomic E-state index is 12.4. The summed E-state index contributed by atoms with van der Waals surface area (Å²) < 4.78 is 0. The highest BCUT2D eigenvalue weighted by Gasteiger charge is 2.34. The average Bonchev–Trinajstić information content (AvgIpc) is 2.98. The molecule has 1 aromatic heterocycles. The lowest BCUT2D eigenvalue weighted by Crippen LogP contribution is -2.57. The number of carbonyl (C=O) groups excluding carboxylic acids is 1. The number of hydrogen-bond donors (Lipinski definition) is 2. The van der Waals surface area contributed by atoms with Crippen molar-refractivity contribution in [2.24, 2.45) is 5.92 Å². The van der Waals surface area contributed by atoms with Crippen molar-refractivity contribution in [3.63, 3.8) is 0 Å². The van der Waals surface area contributed by atoms with E-state index in [1.807, 2.05) is 18.2 Å². The average molecular weight is 284 g/mol. The van der Waals surface area contributed by atoms with Crippen LogP contribution in [0.5, 0.6) is 0 Å². The second-order valence-corrected chi connectivity index (χ2v) is 6.24. The number of aromatic amines is 1. The number of fused-ring (bicyclic) bond motifs is 4. The van der Waals surface area contributed by atoms with E-state index in [0.29, 0.717) is 18.4 Å². The van der Waals surface area contributed by atoms with E-state index in [0.717, 1.165) is 23.0 Å². The summed E-state index contributed by atoms with van der Waals surface area (Å²) in [5.74, 6) is 0.797. The molecule has 4 heterocycles. The van der Waals surface area contributed by atoms with Gasteiger partial charge in [0, 0.05) is 18.0 Å². The van der Waals surface area contributed by atoms with Crippen molar-refractivity contribution in [1.82, 2.24) is 20.4 Å². The molecule has 2 bridgehead atoms. The van der Waals surface area contributed by atoms with E-state index in [-0.39, 0.29) is 5.91 Å². The quantitative estimate of drug-likeness (QED) is 0.893. The lowest BCUT2D eigenvalue weighted by atomic mass is 9.84. The first kappa shape index (κ1) is 12.8. The smallest absolute Gasteiger partial charge is 0.224 e. The highest BCUT2D eigenvalue weighted by atomic mass is 16.1. The van der Waals surface area contributed by atoms with Gasteiger partial charge in [0.25, 0.3) is 0 Å². The molecule has 0 spiro atoms. The van der Waals surface area contributed by atoms with Crippen molar-refractivity contribution in [3.8, 4) is 0 Å². The molecule has 110 valence electrons. The minimum atomic E-state index is 0.127. The van der Waals surface area contributed by atoms with Crippen LogP contribution in [-0.4, -0.2) is 46.7 Å². The zero-order valence-corrected chi connectivity index (χ0v) is 12.0. The second-order valence-electron chi connectivity index (χ2n) is 6.24. The second kappa shape index (κ2) is 5.15. The Kier molecular flexibility index (Phi) is 3.15. The molecule has 21 heavy (non-hydrogen) atoms. The van der Waals surface area contributed by atoms with Crippen LogP contribution in [0.15, 0.2) is 24.4 Å². The van der Waals surface area contributed by atoms with Crippen molar-refractivity contribution < 1.29 is 4.79 Å². The summed E-state index contributed by atoms with van der Waals surface area (Å²) >= 11 is 0. The zero-order valence-electron chi connectivity index (χ0n) is 12.0. The molecule has 3 aliphatic rings. The molecule has 5 rings (SSSR count). The lowest BCUT2D eigenvalue weighted by molar-refractivity contribution is -0.122. The molecule has 2 N–H and O–H groups in total. The Morgan fingerprint density at radius 3 is 3.00 bits per heavy atom. The number of rotatable bonds is 3. The molecular weight excluding hydrogens is 264 g/mol. The van der Waals surface area contributed by atoms with Crippen molar-refractivity contribution >= 4 is 16.8 Å². The van der Waals surface area contributed by atoms with Gasteiger partial charge in [0.15, 0.2) is 0 Å². The number of amides is 1. The van der Waals surface area contributed by atoms with Crippen LogP contribution in [0.3, 0.4) is 0 Å². The van der Waals surface area contributed by atoms with Crippen LogP contribution in [0.1, 0.15) is 18.4 Å². The van der Waals surface area contributed by atoms with Crippen LogP contribution in [0.25, 0.3) is 10.9 Å². The van der Waals surface area contributed by atoms with Gasteiger partial charge in [-0.3, -0.25) is 9.89 Å². The van der Waals surface area contributed by atoms with Crippen LogP contribution < -0.4 is 5.32 Å². The Hall–Kier alpha value is -1.88. The third kappa shape index (κ3) is 2.42. The number of hydrogen-bond acceptors (Lipinski definition) is 3. The Morgan fingerprint density at radius 1 is 1.38 bits per heavy atom. The van der Waals surface area contributed by atoms with E-state index in [9.17, 15) is 4.79 Å². The first-order valence-corrected chi connectivity index (χ1v) is 7.72. The number of carbonyl (C=O) groups is 1. The van der Waals surface area contributed by atoms with Gasteiger partial charge in [-0.05, 0) is 43.5 Å². The summed E-state index contributed by atoms with van der Waals surface area (Å²) in [6.45, 7) is 3.42. The molecule has 5 heteroatoms. The van der Waals surface area contributed by atoms with Crippen molar-refractivity contribution in [2.75, 3.05) is 19.6 Å². The fourth-order valence-electron chi connectivity index (χ4n) is 3.74. The number of benzene rings is 1. The molecule has 0 unspecified atom stereocenters. The number of H-pyrrole nitrogens is 1. The fourth-order valence-corrected chi connectivity index (χ4v) is 3.74. The van der Waals surface area contributed by atoms with E-state index in [1.165, 1.54) is 25.9 Å². The van der Waals surface area contributed by atoms with E-state index in [2.05, 4.69) is 20.4 Å². The van der Waals surface area contributed by atoms with Crippen LogP contribution in [-0.2, 0) is 11.2 Å². The van der Waals surface area contributed by atoms with E-state index in [1.54, 1.807) is 6.20 Å². The predicted octanol–water partition coefficient (Wildman–Crippen LogP) is 1.32. The molecule has 0 aliphatic carbocycles. The minimum Gasteiger partial charge on any atom is -0.352 e. The summed E-state index contributed by atoms with van der Waals surface area (Å²) in [6, 6.07) is 6.30. The number of nitrogens with zero attached hydrogens (tertiary/aromatic N) is 2. The van der Waals surface area contributed by atoms with Crippen molar-refractivity contribution in [2.45, 2.75) is 25.3 Å². The van der Waals surface area contributed by atoms with Crippen LogP contribution in [0.2, 0.25) is 0 Å². The Morgan fingerprint density at radius 2 is 2.24 bits per heavy atom. The molecule has 5 nitrogen and oxygen atoms in total. The van der Waals surface area contributed by atoms with E-state index >= 15 is 0 Å². The highest BCUT2D eigenvalue weighted by Crippen LogP contribution is 2.27. The summed E-state index contributed by atoms with van der Waals surface area (Å²) in [4.78, 5) is 14.8. The molecule has 3 saturated heterocycles. The first-order valence-electron chi connectivity index (χ1n) is 7.72. The molecule has 1 amide bonds. The van der Waals surface area contributed by atoms with Gasteiger partial charge in [0.1, 0.15) is 0 Å². The van der Waals surface area contributed by atoms with Crippen LogP contribution in [0.4, 0.5) is 0 Å². The van der Waals surface area contributed by atoms with Crippen molar-refractivity contribution in [3.05, 3.63) is 30.0 Å². The fraction of sp³-hybridized carbons (Fsp3) is 0.500. The Balaban J connectivity index is 1.45. The van der Waals surface area contributed by atoms with Crippen molar-refractivity contribution in [1.29, 1.82) is 0 Å². The number of piperidine rings is 3. The predicted molar refractivity (Wildman–Crippen MR) is 80.9 cm³/mol. The largest absolute Gasteiger partial charge is 0.352 e. The molecule has 3 fully saturated rings. The maximum Gasteiger partial charge on any atom is 0.224 e. The molecule has 1 atom stereocenters. The van der Waals surface area contributed by atoms with E-state index in [4.69, 9.17) is 0 Å². The van der Waals surface area contributed by atoms with Gasteiger partial charge in [-0.2, -0.15) is 5.10 Å². The van der Waals surface area contributed by atoms with Gasteiger partial charge < -0.3 is 10.2 Å². The molecule has 0 saturated carbocycles. The third-order valence-electron chi connectivity index (χ3n) is 4.93. The Bertz CT molecular complexity index is 657. The molecular formula is C16H20N4O. The molecule has 0 radical (unpaired) electrons. The minimum absolute atomic E-state index is 0.127. The van der Waals surface area contributed by atoms with Gasteiger partial charge in [-0.15, -0.1) is 0 Å². The topological polar surface area (TPSA) is 61.0 Å². The highest BCUT2D eigenvalue weighted by molar-refractivity contribution is 5.88. The molecule has 2 aromatic rings. The molecule has 3 aliphatic heterocycles. The summed E-state index contributed by atoms with van der Waals surface area (Å²) in [5.41, 5.74) is 2.03. The van der Waals surface area contributed by atoms with Gasteiger partial charge in [0.05, 0.1) is 18.1 Å². The summed E-state index contributed by atoms with van der Waals surface area (Å²) in [6.07, 6.45) is 4.68. The lowest BCUT2D eigenvalue weighted by Gasteiger charge is -2.44. The summed E-state index contributed by atoms with van der Waals surface area (Å²) in [7, 11) is 0. The maximum atomic E-state index is 12.4. The van der Waals surface area contributed by atoms with Gasteiger partial charge in [-0.1, -0.05) is 12.1 Å². The SMILES string of the molecule is O=C(Cc1cccc2[nH]ncc12)N[C@H]1CN2CCC1CC2. The zero-order chi connectivity index (χ0) is 14.2. The van der Waals surface area contributed by atoms with Gasteiger partial charge in [0.2, 0.25) is 5.91 Å². The monoisotopic (exact) mass is 284 g/mol. The van der Waals surface area contributed by atoms with E-state index < -0.39 is 0 Å². The normalized spacial score (nSPS) is 27.9. The molecule has 1 aromatic carbocycles. The summed E-state index contributed by atoms with van der Waals surface area (Å²) in [5, 5.41) is 11.3. The van der Waals surface area contributed by atoms with Gasteiger partial charge in [-0.25, -0.2) is 0 Å². The van der Waals surface area contributed by atoms with Gasteiger partial charge >= 0.3 is 0 Å². The number of aromatic nitrogens is 2.